The molecular weight excluding hydrogens is 498 g/mol. The first kappa shape index (κ1) is 26.2. The molecule has 0 saturated heterocycles. The SMILES string of the molecule is CCN1C(=O)/C(=C\c2cnn(C)c2C)N=C1SCC(=O)Nc1sc2c(c1C(=O)OC(C)C)CCCC2. The number of carbonyl (C=O) groups is 3. The number of nitrogens with one attached hydrogen (secondary N) is 1. The van der Waals surface area contributed by atoms with Crippen molar-refractivity contribution in [3.05, 3.63) is 39.2 Å². The van der Waals surface area contributed by atoms with Crippen LogP contribution in [0.5, 0.6) is 0 Å². The van der Waals surface area contributed by atoms with E-state index in [9.17, 15) is 14.4 Å². The van der Waals surface area contributed by atoms with Crippen LogP contribution in [0.3, 0.4) is 0 Å². The lowest BCUT2D eigenvalue weighted by molar-refractivity contribution is -0.122. The summed E-state index contributed by atoms with van der Waals surface area (Å²) in [5.74, 6) is -0.795. The number of aryl methyl sites for hydroxylation is 2. The Balaban J connectivity index is 1.49. The van der Waals surface area contributed by atoms with Crippen LogP contribution >= 0.6 is 23.1 Å². The lowest BCUT2D eigenvalue weighted by atomic mass is 9.95. The number of fused-ring (bicyclic) bond motifs is 1. The predicted octanol–water partition coefficient (Wildman–Crippen LogP) is 4.16. The molecule has 2 amide bonds. The van der Waals surface area contributed by atoms with Gasteiger partial charge in [0.25, 0.3) is 5.91 Å². The number of amidine groups is 1. The average molecular weight is 530 g/mol. The molecule has 0 radical (unpaired) electrons. The number of carbonyl (C=O) groups excluding carboxylic acids is 3. The zero-order chi connectivity index (χ0) is 26.0. The molecule has 0 aromatic carbocycles. The predicted molar refractivity (Wildman–Crippen MR) is 143 cm³/mol. The number of hydrogen-bond acceptors (Lipinski definition) is 8. The van der Waals surface area contributed by atoms with E-state index in [4.69, 9.17) is 4.74 Å². The first-order valence-electron chi connectivity index (χ1n) is 12.1. The van der Waals surface area contributed by atoms with Crippen LogP contribution in [0.15, 0.2) is 16.9 Å². The number of hydrogen-bond donors (Lipinski definition) is 1. The standard InChI is InChI=1S/C25H31N5O4S2/c1-6-30-23(32)18(11-16-12-26-29(5)15(16)4)27-25(30)35-13-20(31)28-22-21(24(33)34-14(2)3)17-9-7-8-10-19(17)36-22/h11-12,14H,6-10,13H2,1-5H3,(H,28,31)/b18-11+. The summed E-state index contributed by atoms with van der Waals surface area (Å²) in [6.45, 7) is 7.86. The molecule has 2 aromatic rings. The van der Waals surface area contributed by atoms with Crippen LogP contribution in [-0.4, -0.2) is 56.0 Å². The Morgan fingerprint density at radius 3 is 2.72 bits per heavy atom. The van der Waals surface area contributed by atoms with Crippen molar-refractivity contribution in [1.82, 2.24) is 14.7 Å². The fraction of sp³-hybridized carbons (Fsp3) is 0.480. The van der Waals surface area contributed by atoms with Gasteiger partial charge in [0, 0.05) is 29.7 Å². The minimum absolute atomic E-state index is 0.0586. The number of amides is 2. The average Bonchev–Trinajstić information content (AvgIpc) is 3.45. The number of rotatable bonds is 7. The molecule has 0 unspecified atom stereocenters. The minimum Gasteiger partial charge on any atom is -0.459 e. The third-order valence-electron chi connectivity index (χ3n) is 6.10. The highest BCUT2D eigenvalue weighted by Crippen LogP contribution is 2.39. The van der Waals surface area contributed by atoms with E-state index in [0.29, 0.717) is 28.0 Å². The highest BCUT2D eigenvalue weighted by molar-refractivity contribution is 8.14. The maximum absolute atomic E-state index is 12.9. The van der Waals surface area contributed by atoms with E-state index in [1.54, 1.807) is 21.9 Å². The van der Waals surface area contributed by atoms with Crippen LogP contribution in [0.4, 0.5) is 5.00 Å². The fourth-order valence-corrected chi connectivity index (χ4v) is 6.32. The second-order valence-electron chi connectivity index (χ2n) is 8.99. The molecule has 2 aromatic heterocycles. The lowest BCUT2D eigenvalue weighted by Gasteiger charge is -2.15. The summed E-state index contributed by atoms with van der Waals surface area (Å²) in [5.41, 5.74) is 3.57. The molecule has 3 heterocycles. The van der Waals surface area contributed by atoms with Gasteiger partial charge in [0.1, 0.15) is 10.7 Å². The second-order valence-corrected chi connectivity index (χ2v) is 11.0. The summed E-state index contributed by atoms with van der Waals surface area (Å²) in [6, 6.07) is 0. The number of aliphatic imine (C=N–C) groups is 1. The summed E-state index contributed by atoms with van der Waals surface area (Å²) < 4.78 is 7.21. The second kappa shape index (κ2) is 11.0. The minimum atomic E-state index is -0.393. The zero-order valence-electron chi connectivity index (χ0n) is 21.2. The molecule has 0 spiro atoms. The molecule has 4 rings (SSSR count). The van der Waals surface area contributed by atoms with E-state index in [2.05, 4.69) is 15.4 Å². The largest absolute Gasteiger partial charge is 0.459 e. The summed E-state index contributed by atoms with van der Waals surface area (Å²) in [7, 11) is 1.84. The van der Waals surface area contributed by atoms with Gasteiger partial charge in [0.2, 0.25) is 5.91 Å². The Morgan fingerprint density at radius 2 is 2.06 bits per heavy atom. The van der Waals surface area contributed by atoms with Crippen molar-refractivity contribution in [2.24, 2.45) is 12.0 Å². The van der Waals surface area contributed by atoms with Gasteiger partial charge in [-0.2, -0.15) is 5.10 Å². The van der Waals surface area contributed by atoms with Crippen LogP contribution in [0.1, 0.15) is 65.7 Å². The number of aromatic nitrogens is 2. The molecule has 9 nitrogen and oxygen atoms in total. The number of thioether (sulfide) groups is 1. The Kier molecular flexibility index (Phi) is 7.99. The number of likely N-dealkylation sites (N-methyl/N-ethyl adjacent to an activating group) is 1. The maximum Gasteiger partial charge on any atom is 0.341 e. The molecular formula is C25H31N5O4S2. The summed E-state index contributed by atoms with van der Waals surface area (Å²) in [5, 5.41) is 8.16. The number of anilines is 1. The quantitative estimate of drug-likeness (QED) is 0.426. The Hall–Kier alpha value is -2.92. The molecule has 0 atom stereocenters. The number of thiophene rings is 1. The van der Waals surface area contributed by atoms with Crippen molar-refractivity contribution in [3.8, 4) is 0 Å². The Labute approximate surface area is 219 Å². The molecule has 0 saturated carbocycles. The van der Waals surface area contributed by atoms with E-state index < -0.39 is 5.97 Å². The van der Waals surface area contributed by atoms with Gasteiger partial charge in [0.15, 0.2) is 5.17 Å². The van der Waals surface area contributed by atoms with Crippen molar-refractivity contribution in [2.45, 2.75) is 59.5 Å². The summed E-state index contributed by atoms with van der Waals surface area (Å²) in [4.78, 5) is 45.8. The van der Waals surface area contributed by atoms with Crippen LogP contribution in [0.25, 0.3) is 6.08 Å². The first-order valence-corrected chi connectivity index (χ1v) is 13.9. The van der Waals surface area contributed by atoms with Crippen LogP contribution in [-0.2, 0) is 34.2 Å². The van der Waals surface area contributed by atoms with Gasteiger partial charge in [-0.05, 0) is 65.0 Å². The molecule has 2 aliphatic rings. The molecule has 11 heteroatoms. The maximum atomic E-state index is 12.9. The van der Waals surface area contributed by atoms with E-state index in [0.717, 1.165) is 47.4 Å². The van der Waals surface area contributed by atoms with Gasteiger partial charge in [-0.15, -0.1) is 11.3 Å². The van der Waals surface area contributed by atoms with E-state index >= 15 is 0 Å². The third kappa shape index (κ3) is 5.41. The van der Waals surface area contributed by atoms with E-state index in [-0.39, 0.29) is 23.7 Å². The van der Waals surface area contributed by atoms with E-state index in [1.165, 1.54) is 23.1 Å². The Bertz CT molecular complexity index is 1260. The highest BCUT2D eigenvalue weighted by atomic mass is 32.2. The van der Waals surface area contributed by atoms with Gasteiger partial charge >= 0.3 is 5.97 Å². The van der Waals surface area contributed by atoms with Gasteiger partial charge in [-0.1, -0.05) is 11.8 Å². The Morgan fingerprint density at radius 1 is 1.31 bits per heavy atom. The van der Waals surface area contributed by atoms with Crippen LogP contribution in [0.2, 0.25) is 0 Å². The summed E-state index contributed by atoms with van der Waals surface area (Å²) in [6.07, 6.45) is 6.99. The van der Waals surface area contributed by atoms with E-state index in [1.807, 2.05) is 34.7 Å². The molecule has 0 bridgehead atoms. The summed E-state index contributed by atoms with van der Waals surface area (Å²) >= 11 is 2.66. The van der Waals surface area contributed by atoms with Gasteiger partial charge in [-0.3, -0.25) is 19.2 Å². The molecule has 192 valence electrons. The first-order chi connectivity index (χ1) is 17.2. The van der Waals surface area contributed by atoms with Crippen molar-refractivity contribution in [1.29, 1.82) is 0 Å². The number of ether oxygens (including phenoxy) is 1. The smallest absolute Gasteiger partial charge is 0.341 e. The van der Waals surface area contributed by atoms with Crippen molar-refractivity contribution < 1.29 is 19.1 Å². The van der Waals surface area contributed by atoms with Gasteiger partial charge in [-0.25, -0.2) is 9.79 Å². The third-order valence-corrected chi connectivity index (χ3v) is 8.28. The zero-order valence-corrected chi connectivity index (χ0v) is 22.8. The molecule has 1 aliphatic carbocycles. The van der Waals surface area contributed by atoms with Gasteiger partial charge < -0.3 is 10.1 Å². The van der Waals surface area contributed by atoms with Crippen molar-refractivity contribution in [2.75, 3.05) is 17.6 Å². The van der Waals surface area contributed by atoms with Gasteiger partial charge in [0.05, 0.1) is 23.6 Å². The van der Waals surface area contributed by atoms with Crippen LogP contribution in [0, 0.1) is 6.92 Å². The van der Waals surface area contributed by atoms with Crippen molar-refractivity contribution in [3.63, 3.8) is 0 Å². The lowest BCUT2D eigenvalue weighted by Crippen LogP contribution is -2.31. The monoisotopic (exact) mass is 529 g/mol. The number of nitrogens with zero attached hydrogens (tertiary/aromatic N) is 4. The molecule has 1 aliphatic heterocycles. The molecule has 0 fully saturated rings. The van der Waals surface area contributed by atoms with Crippen LogP contribution < -0.4 is 5.32 Å². The fourth-order valence-electron chi connectivity index (χ4n) is 4.16. The topological polar surface area (TPSA) is 106 Å². The normalized spacial score (nSPS) is 16.5. The highest BCUT2D eigenvalue weighted by Gasteiger charge is 2.31. The van der Waals surface area contributed by atoms with Crippen molar-refractivity contribution >= 4 is 57.1 Å². The molecule has 1 N–H and O–H groups in total. The molecule has 36 heavy (non-hydrogen) atoms. The number of esters is 1.